The quantitative estimate of drug-likeness (QED) is 0.808. The summed E-state index contributed by atoms with van der Waals surface area (Å²) in [5.74, 6) is -0.183. The number of nitrogens with zero attached hydrogens (tertiary/aromatic N) is 1. The number of ether oxygens (including phenoxy) is 1. The Kier molecular flexibility index (Phi) is 4.72. The third kappa shape index (κ3) is 3.62. The Morgan fingerprint density at radius 2 is 2.12 bits per heavy atom. The summed E-state index contributed by atoms with van der Waals surface area (Å²) in [6, 6.07) is 5.76. The van der Waals surface area contributed by atoms with Crippen LogP contribution in [0.15, 0.2) is 29.6 Å². The van der Waals surface area contributed by atoms with Gasteiger partial charge in [-0.3, -0.25) is 14.9 Å². The number of fused-ring (bicyclic) bond motifs is 2. The molecular formula is C19H19FN2O3S. The predicted molar refractivity (Wildman–Crippen MR) is 95.5 cm³/mol. The molecule has 2 aromatic rings. The van der Waals surface area contributed by atoms with E-state index >= 15 is 0 Å². The number of amides is 1. The highest BCUT2D eigenvalue weighted by atomic mass is 32.1. The van der Waals surface area contributed by atoms with Crippen LogP contribution in [0.25, 0.3) is 0 Å². The van der Waals surface area contributed by atoms with Crippen LogP contribution < -0.4 is 5.32 Å². The molecule has 1 amide bonds. The molecule has 26 heavy (non-hydrogen) atoms. The van der Waals surface area contributed by atoms with Gasteiger partial charge in [0.2, 0.25) is 0 Å². The Balaban J connectivity index is 1.32. The molecule has 2 fully saturated rings. The number of rotatable bonds is 5. The van der Waals surface area contributed by atoms with E-state index in [0.29, 0.717) is 16.7 Å². The fourth-order valence-corrected chi connectivity index (χ4v) is 4.65. The van der Waals surface area contributed by atoms with E-state index in [1.54, 1.807) is 11.4 Å². The molecule has 2 aliphatic rings. The molecule has 4 rings (SSSR count). The van der Waals surface area contributed by atoms with Gasteiger partial charge >= 0.3 is 5.97 Å². The lowest BCUT2D eigenvalue weighted by molar-refractivity contribution is -0.150. The molecule has 2 aliphatic carbocycles. The summed E-state index contributed by atoms with van der Waals surface area (Å²) in [6.45, 7) is 0. The van der Waals surface area contributed by atoms with Gasteiger partial charge in [0.25, 0.3) is 5.91 Å². The minimum absolute atomic E-state index is 0.0417. The number of carbonyl (C=O) groups is 2. The van der Waals surface area contributed by atoms with Gasteiger partial charge in [0.05, 0.1) is 17.7 Å². The first-order valence-corrected chi connectivity index (χ1v) is 9.66. The average molecular weight is 374 g/mol. The maximum Gasteiger partial charge on any atom is 0.312 e. The molecule has 5 nitrogen and oxygen atoms in total. The Labute approximate surface area is 154 Å². The smallest absolute Gasteiger partial charge is 0.312 e. The van der Waals surface area contributed by atoms with Gasteiger partial charge < -0.3 is 4.74 Å². The van der Waals surface area contributed by atoms with Gasteiger partial charge in [-0.1, -0.05) is 12.1 Å². The Bertz CT molecular complexity index is 838. The van der Waals surface area contributed by atoms with Crippen LogP contribution in [-0.2, 0) is 16.0 Å². The summed E-state index contributed by atoms with van der Waals surface area (Å²) in [5.41, 5.74) is 0.506. The number of thiazole rings is 1. The molecule has 7 heteroatoms. The molecule has 0 saturated heterocycles. The minimum atomic E-state index is -0.587. The van der Waals surface area contributed by atoms with Crippen LogP contribution >= 0.6 is 11.3 Å². The third-order valence-corrected chi connectivity index (χ3v) is 5.98. The number of anilines is 1. The molecule has 1 aromatic carbocycles. The zero-order chi connectivity index (χ0) is 18.1. The molecule has 136 valence electrons. The molecule has 0 radical (unpaired) electrons. The first-order valence-electron chi connectivity index (χ1n) is 8.78. The van der Waals surface area contributed by atoms with Gasteiger partial charge in [-0.15, -0.1) is 11.3 Å². The summed E-state index contributed by atoms with van der Waals surface area (Å²) in [5, 5.41) is 4.61. The molecule has 1 N–H and O–H groups in total. The van der Waals surface area contributed by atoms with E-state index in [0.717, 1.165) is 18.8 Å². The summed E-state index contributed by atoms with van der Waals surface area (Å²) in [7, 11) is 0. The molecule has 0 unspecified atom stereocenters. The van der Waals surface area contributed by atoms with Crippen LogP contribution in [0.1, 0.15) is 41.7 Å². The summed E-state index contributed by atoms with van der Waals surface area (Å²) >= 11 is 1.20. The number of halogens is 1. The molecule has 0 spiro atoms. The topological polar surface area (TPSA) is 68.3 Å². The van der Waals surface area contributed by atoms with Crippen molar-refractivity contribution in [3.63, 3.8) is 0 Å². The molecular weight excluding hydrogens is 355 g/mol. The number of nitrogens with one attached hydrogen (secondary N) is 1. The van der Waals surface area contributed by atoms with Gasteiger partial charge in [0.15, 0.2) is 5.13 Å². The van der Waals surface area contributed by atoms with Crippen molar-refractivity contribution in [1.29, 1.82) is 0 Å². The van der Waals surface area contributed by atoms with Crippen molar-refractivity contribution in [1.82, 2.24) is 4.98 Å². The van der Waals surface area contributed by atoms with Crippen molar-refractivity contribution < 1.29 is 18.7 Å². The number of carbonyl (C=O) groups excluding carboxylic acids is 2. The zero-order valence-corrected chi connectivity index (χ0v) is 14.9. The Morgan fingerprint density at radius 3 is 2.85 bits per heavy atom. The van der Waals surface area contributed by atoms with Crippen molar-refractivity contribution in [2.45, 2.75) is 38.2 Å². The first kappa shape index (κ1) is 17.1. The van der Waals surface area contributed by atoms with E-state index in [2.05, 4.69) is 10.3 Å². The maximum atomic E-state index is 13.6. The fourth-order valence-electron chi connectivity index (χ4n) is 3.94. The van der Waals surface area contributed by atoms with Crippen molar-refractivity contribution in [2.24, 2.45) is 11.8 Å². The van der Waals surface area contributed by atoms with E-state index in [-0.39, 0.29) is 24.1 Å². The largest absolute Gasteiger partial charge is 0.462 e. The number of esters is 1. The van der Waals surface area contributed by atoms with Gasteiger partial charge in [-0.25, -0.2) is 9.37 Å². The highest BCUT2D eigenvalue weighted by Gasteiger charge is 2.41. The SMILES string of the molecule is O=C(Cc1csc(NC(=O)c2ccccc2F)n1)O[C@H]1C[C@H]2CC[C@H]1C2. The van der Waals surface area contributed by atoms with Crippen LogP contribution in [0.4, 0.5) is 9.52 Å². The van der Waals surface area contributed by atoms with Crippen LogP contribution in [0, 0.1) is 17.7 Å². The molecule has 1 heterocycles. The lowest BCUT2D eigenvalue weighted by Gasteiger charge is -2.21. The van der Waals surface area contributed by atoms with Crippen LogP contribution in [0.5, 0.6) is 0 Å². The average Bonchev–Trinajstić information content (AvgIpc) is 3.32. The second-order valence-corrected chi connectivity index (χ2v) is 7.82. The standard InChI is InChI=1S/C19H19FN2O3S/c20-15-4-2-1-3-14(15)18(24)22-19-21-13(10-26-19)9-17(23)25-16-8-11-5-6-12(16)7-11/h1-4,10-12,16H,5-9H2,(H,21,22,24)/t11-,12-,16-/m0/s1. The van der Waals surface area contributed by atoms with E-state index in [1.165, 1.54) is 42.4 Å². The Morgan fingerprint density at radius 1 is 1.27 bits per heavy atom. The molecule has 1 aromatic heterocycles. The molecule has 2 saturated carbocycles. The van der Waals surface area contributed by atoms with Gasteiger partial charge in [-0.2, -0.15) is 0 Å². The van der Waals surface area contributed by atoms with E-state index in [1.807, 2.05) is 0 Å². The van der Waals surface area contributed by atoms with E-state index in [9.17, 15) is 14.0 Å². The number of hydrogen-bond acceptors (Lipinski definition) is 5. The number of aromatic nitrogens is 1. The first-order chi connectivity index (χ1) is 12.6. The zero-order valence-electron chi connectivity index (χ0n) is 14.1. The minimum Gasteiger partial charge on any atom is -0.462 e. The van der Waals surface area contributed by atoms with Crippen LogP contribution in [0.2, 0.25) is 0 Å². The fraction of sp³-hybridized carbons (Fsp3) is 0.421. The summed E-state index contributed by atoms with van der Waals surface area (Å²) in [6.07, 6.45) is 4.72. The third-order valence-electron chi connectivity index (χ3n) is 5.17. The number of hydrogen-bond donors (Lipinski definition) is 1. The van der Waals surface area contributed by atoms with E-state index in [4.69, 9.17) is 4.74 Å². The maximum absolute atomic E-state index is 13.6. The molecule has 3 atom stereocenters. The van der Waals surface area contributed by atoms with Crippen molar-refractivity contribution >= 4 is 28.3 Å². The van der Waals surface area contributed by atoms with Gasteiger partial charge in [0.1, 0.15) is 11.9 Å². The van der Waals surface area contributed by atoms with Crippen molar-refractivity contribution in [3.8, 4) is 0 Å². The Hall–Kier alpha value is -2.28. The monoisotopic (exact) mass is 374 g/mol. The predicted octanol–water partition coefficient (Wildman–Crippen LogP) is 3.81. The highest BCUT2D eigenvalue weighted by molar-refractivity contribution is 7.14. The lowest BCUT2D eigenvalue weighted by atomic mass is 9.98. The molecule has 0 aliphatic heterocycles. The van der Waals surface area contributed by atoms with E-state index < -0.39 is 11.7 Å². The van der Waals surface area contributed by atoms with Gasteiger partial charge in [0, 0.05) is 5.38 Å². The van der Waals surface area contributed by atoms with Crippen LogP contribution in [0.3, 0.4) is 0 Å². The lowest BCUT2D eigenvalue weighted by Crippen LogP contribution is -2.25. The normalized spacial score (nSPS) is 23.8. The highest BCUT2D eigenvalue weighted by Crippen LogP contribution is 2.45. The molecule has 2 bridgehead atoms. The summed E-state index contributed by atoms with van der Waals surface area (Å²) < 4.78 is 19.3. The van der Waals surface area contributed by atoms with Crippen LogP contribution in [-0.4, -0.2) is 23.0 Å². The summed E-state index contributed by atoms with van der Waals surface area (Å²) in [4.78, 5) is 28.5. The van der Waals surface area contributed by atoms with Gasteiger partial charge in [-0.05, 0) is 49.7 Å². The second kappa shape index (κ2) is 7.15. The van der Waals surface area contributed by atoms with Crippen molar-refractivity contribution in [2.75, 3.05) is 5.32 Å². The van der Waals surface area contributed by atoms with Crippen molar-refractivity contribution in [3.05, 3.63) is 46.7 Å². The second-order valence-electron chi connectivity index (χ2n) is 6.96. The number of benzene rings is 1.